The van der Waals surface area contributed by atoms with E-state index in [1.54, 1.807) is 13.8 Å². The molecule has 0 aromatic heterocycles. The fourth-order valence-electron chi connectivity index (χ4n) is 3.05. The summed E-state index contributed by atoms with van der Waals surface area (Å²) in [5.74, 6) is -5.13. The Labute approximate surface area is 170 Å². The second-order valence-electron chi connectivity index (χ2n) is 7.13. The summed E-state index contributed by atoms with van der Waals surface area (Å²) in [4.78, 5) is 25.2. The fourth-order valence-corrected chi connectivity index (χ4v) is 3.05. The zero-order valence-corrected chi connectivity index (χ0v) is 17.5. The van der Waals surface area contributed by atoms with Crippen LogP contribution in [-0.2, 0) is 25.7 Å². The summed E-state index contributed by atoms with van der Waals surface area (Å²) >= 11 is 0. The first-order valence-electron chi connectivity index (χ1n) is 10.3. The highest BCUT2D eigenvalue weighted by atomic mass is 19.2. The highest BCUT2D eigenvalue weighted by molar-refractivity contribution is 5.99. The zero-order valence-electron chi connectivity index (χ0n) is 17.5. The van der Waals surface area contributed by atoms with Crippen molar-refractivity contribution in [3.05, 3.63) is 35.1 Å². The lowest BCUT2D eigenvalue weighted by molar-refractivity contribution is -0.174. The van der Waals surface area contributed by atoms with Gasteiger partial charge in [0.2, 0.25) is 0 Å². The molecule has 0 aliphatic rings. The minimum atomic E-state index is -1.50. The summed E-state index contributed by atoms with van der Waals surface area (Å²) in [5, 5.41) is 0. The summed E-state index contributed by atoms with van der Waals surface area (Å²) in [6, 6.07) is 1.02. The average molecular weight is 416 g/mol. The minimum absolute atomic E-state index is 0.151. The Morgan fingerprint density at radius 1 is 0.793 bits per heavy atom. The first-order valence-corrected chi connectivity index (χ1v) is 10.3. The van der Waals surface area contributed by atoms with E-state index >= 15 is 0 Å². The predicted molar refractivity (Wildman–Crippen MR) is 103 cm³/mol. The number of halogens is 3. The van der Waals surface area contributed by atoms with Gasteiger partial charge in [-0.3, -0.25) is 9.59 Å². The van der Waals surface area contributed by atoms with E-state index < -0.39 is 41.4 Å². The van der Waals surface area contributed by atoms with Crippen LogP contribution in [0.3, 0.4) is 0 Å². The largest absolute Gasteiger partial charge is 0.465 e. The maximum Gasteiger partial charge on any atom is 0.323 e. The molecule has 0 aliphatic carbocycles. The SMILES string of the molecule is CCCCCCCCOC(=O)C(CC)(CC)C(=O)OCc1cc(F)c(F)cc1F. The lowest BCUT2D eigenvalue weighted by Gasteiger charge is -2.27. The van der Waals surface area contributed by atoms with E-state index in [0.717, 1.165) is 25.7 Å². The van der Waals surface area contributed by atoms with Gasteiger partial charge in [-0.15, -0.1) is 0 Å². The van der Waals surface area contributed by atoms with Crippen molar-refractivity contribution in [2.24, 2.45) is 5.41 Å². The molecule has 0 bridgehead atoms. The van der Waals surface area contributed by atoms with Crippen molar-refractivity contribution >= 4 is 11.9 Å². The molecule has 1 rings (SSSR count). The number of carbonyl (C=O) groups excluding carboxylic acids is 2. The van der Waals surface area contributed by atoms with Crippen LogP contribution in [0.25, 0.3) is 0 Å². The topological polar surface area (TPSA) is 52.6 Å². The predicted octanol–water partition coefficient (Wildman–Crippen LogP) is 5.86. The molecule has 29 heavy (non-hydrogen) atoms. The Bertz CT molecular complexity index is 672. The monoisotopic (exact) mass is 416 g/mol. The van der Waals surface area contributed by atoms with Crippen molar-refractivity contribution in [2.45, 2.75) is 78.7 Å². The van der Waals surface area contributed by atoms with Crippen LogP contribution in [-0.4, -0.2) is 18.5 Å². The van der Waals surface area contributed by atoms with Crippen molar-refractivity contribution in [3.8, 4) is 0 Å². The molecule has 0 fully saturated rings. The Balaban J connectivity index is 2.65. The average Bonchev–Trinajstić information content (AvgIpc) is 2.70. The zero-order chi connectivity index (χ0) is 21.9. The molecule has 0 saturated carbocycles. The summed E-state index contributed by atoms with van der Waals surface area (Å²) in [6.07, 6.45) is 6.51. The van der Waals surface area contributed by atoms with Gasteiger partial charge in [0.25, 0.3) is 0 Å². The van der Waals surface area contributed by atoms with Crippen LogP contribution in [0.5, 0.6) is 0 Å². The van der Waals surface area contributed by atoms with Gasteiger partial charge in [0.05, 0.1) is 6.61 Å². The van der Waals surface area contributed by atoms with Crippen LogP contribution in [0.1, 0.15) is 77.7 Å². The van der Waals surface area contributed by atoms with Gasteiger partial charge in [0, 0.05) is 11.6 Å². The number of hydrogen-bond acceptors (Lipinski definition) is 4. The molecule has 0 spiro atoms. The Morgan fingerprint density at radius 2 is 1.34 bits per heavy atom. The first kappa shape index (κ1) is 25.0. The van der Waals surface area contributed by atoms with E-state index in [-0.39, 0.29) is 25.0 Å². The molecule has 0 radical (unpaired) electrons. The smallest absolute Gasteiger partial charge is 0.323 e. The van der Waals surface area contributed by atoms with Gasteiger partial charge in [-0.25, -0.2) is 13.2 Å². The third-order valence-corrected chi connectivity index (χ3v) is 5.17. The number of carbonyl (C=O) groups is 2. The summed E-state index contributed by atoms with van der Waals surface area (Å²) in [6.45, 7) is 5.08. The van der Waals surface area contributed by atoms with Crippen molar-refractivity contribution in [1.29, 1.82) is 0 Å². The molecular formula is C22H31F3O4. The molecule has 0 heterocycles. The van der Waals surface area contributed by atoms with Crippen molar-refractivity contribution in [2.75, 3.05) is 6.61 Å². The third kappa shape index (κ3) is 7.05. The number of benzene rings is 1. The normalized spacial score (nSPS) is 11.4. The first-order chi connectivity index (χ1) is 13.8. The van der Waals surface area contributed by atoms with E-state index in [2.05, 4.69) is 6.92 Å². The Hall–Kier alpha value is -2.05. The van der Waals surface area contributed by atoms with E-state index in [4.69, 9.17) is 9.47 Å². The number of esters is 2. The van der Waals surface area contributed by atoms with E-state index in [1.165, 1.54) is 6.42 Å². The second kappa shape index (κ2) is 12.5. The summed E-state index contributed by atoms with van der Waals surface area (Å²) in [7, 11) is 0. The molecule has 0 N–H and O–H groups in total. The van der Waals surface area contributed by atoms with Gasteiger partial charge in [-0.2, -0.15) is 0 Å². The molecule has 1 aromatic rings. The van der Waals surface area contributed by atoms with Crippen LogP contribution in [0, 0.1) is 22.9 Å². The lowest BCUT2D eigenvalue weighted by Crippen LogP contribution is -2.41. The quantitative estimate of drug-likeness (QED) is 0.175. The molecule has 164 valence electrons. The van der Waals surface area contributed by atoms with Gasteiger partial charge >= 0.3 is 11.9 Å². The van der Waals surface area contributed by atoms with Gasteiger partial charge < -0.3 is 9.47 Å². The molecule has 1 aromatic carbocycles. The molecular weight excluding hydrogens is 385 g/mol. The second-order valence-corrected chi connectivity index (χ2v) is 7.13. The van der Waals surface area contributed by atoms with Crippen LogP contribution in [0.4, 0.5) is 13.2 Å². The van der Waals surface area contributed by atoms with Crippen molar-refractivity contribution in [1.82, 2.24) is 0 Å². The van der Waals surface area contributed by atoms with E-state index in [0.29, 0.717) is 18.6 Å². The van der Waals surface area contributed by atoms with Crippen LogP contribution in [0.15, 0.2) is 12.1 Å². The highest BCUT2D eigenvalue weighted by Crippen LogP contribution is 2.31. The lowest BCUT2D eigenvalue weighted by atomic mass is 9.82. The fraction of sp³-hybridized carbons (Fsp3) is 0.636. The van der Waals surface area contributed by atoms with Crippen molar-refractivity contribution < 1.29 is 32.2 Å². The van der Waals surface area contributed by atoms with Crippen molar-refractivity contribution in [3.63, 3.8) is 0 Å². The molecule has 7 heteroatoms. The Kier molecular flexibility index (Phi) is 10.8. The van der Waals surface area contributed by atoms with Gasteiger partial charge in [0.15, 0.2) is 17.0 Å². The van der Waals surface area contributed by atoms with Gasteiger partial charge in [0.1, 0.15) is 12.4 Å². The standard InChI is InChI=1S/C22H31F3O4/c1-4-7-8-9-10-11-12-28-20(26)22(5-2,6-3)21(27)29-15-16-13-18(24)19(25)14-17(16)23/h13-14H,4-12,15H2,1-3H3. The molecule has 0 unspecified atom stereocenters. The molecule has 4 nitrogen and oxygen atoms in total. The molecule has 0 aliphatic heterocycles. The van der Waals surface area contributed by atoms with E-state index in [1.807, 2.05) is 0 Å². The Morgan fingerprint density at radius 3 is 1.97 bits per heavy atom. The number of rotatable bonds is 13. The third-order valence-electron chi connectivity index (χ3n) is 5.17. The maximum absolute atomic E-state index is 13.7. The van der Waals surface area contributed by atoms with Crippen LogP contribution in [0.2, 0.25) is 0 Å². The van der Waals surface area contributed by atoms with E-state index in [9.17, 15) is 22.8 Å². The number of hydrogen-bond donors (Lipinski definition) is 0. The summed E-state index contributed by atoms with van der Waals surface area (Å²) < 4.78 is 50.4. The highest BCUT2D eigenvalue weighted by Gasteiger charge is 2.46. The van der Waals surface area contributed by atoms with Crippen LogP contribution >= 0.6 is 0 Å². The van der Waals surface area contributed by atoms with Gasteiger partial charge in [-0.1, -0.05) is 52.9 Å². The molecule has 0 saturated heterocycles. The van der Waals surface area contributed by atoms with Crippen LogP contribution < -0.4 is 0 Å². The summed E-state index contributed by atoms with van der Waals surface area (Å²) in [5.41, 5.74) is -1.81. The minimum Gasteiger partial charge on any atom is -0.465 e. The van der Waals surface area contributed by atoms with Gasteiger partial charge in [-0.05, 0) is 25.3 Å². The number of ether oxygens (including phenoxy) is 2. The number of unbranched alkanes of at least 4 members (excludes halogenated alkanes) is 5. The maximum atomic E-state index is 13.7. The molecule has 0 atom stereocenters. The molecule has 0 amide bonds.